The largest absolute Gasteiger partial charge is 0.493 e. The number of methoxy groups -OCH3 is 1. The Bertz CT molecular complexity index is 1280. The molecule has 1 aromatic rings. The number of esters is 2. The van der Waals surface area contributed by atoms with E-state index in [0.29, 0.717) is 36.5 Å². The maximum atomic E-state index is 12.9. The highest BCUT2D eigenvalue weighted by atomic mass is 16.8. The summed E-state index contributed by atoms with van der Waals surface area (Å²) in [5, 5.41) is 14.9. The van der Waals surface area contributed by atoms with Crippen LogP contribution in [-0.2, 0) is 40.4 Å². The molecule has 2 fully saturated rings. The number of nitrogens with one attached hydrogen (secondary N) is 1. The number of likely N-dealkylation sites (N-methyl/N-ethyl adjacent to an activating group) is 1. The zero-order valence-electron chi connectivity index (χ0n) is 22.6. The van der Waals surface area contributed by atoms with Gasteiger partial charge >= 0.3 is 11.9 Å². The van der Waals surface area contributed by atoms with Crippen molar-refractivity contribution in [3.8, 4) is 11.5 Å². The third-order valence-electron chi connectivity index (χ3n) is 8.85. The predicted octanol–water partition coefficient (Wildman–Crippen LogP) is 1.09. The number of piperidine rings is 1. The number of cyclic esters (lactones) is 1. The topological polar surface area (TPSA) is 133 Å². The summed E-state index contributed by atoms with van der Waals surface area (Å²) in [7, 11) is 3.62. The number of benzene rings is 1. The van der Waals surface area contributed by atoms with Gasteiger partial charge in [-0.15, -0.1) is 0 Å². The molecule has 1 spiro atoms. The van der Waals surface area contributed by atoms with Crippen molar-refractivity contribution < 1.29 is 43.2 Å². The molecule has 2 N–H and O–H groups in total. The summed E-state index contributed by atoms with van der Waals surface area (Å²) in [6.07, 6.45) is 1.49. The lowest BCUT2D eigenvalue weighted by Crippen LogP contribution is -2.74. The van der Waals surface area contributed by atoms with Crippen LogP contribution in [0, 0.1) is 0 Å². The van der Waals surface area contributed by atoms with E-state index in [4.69, 9.17) is 23.7 Å². The standard InChI is InChI=1S/C28H34N2O9/c1-26(2)38-18(25(33)39-26)14-20(31)29-11-8-21(32)36-17-7-9-28(34)19-13-15-5-6-16(35-4)23-22(15)27(28,24(17)37-23)10-12-30(19)3/h5-7,18-19,24,34H,8-14H2,1-4H3,(H,29,31)/t18-,19-,24-,27-,28+/m0/s1. The molecule has 39 heavy (non-hydrogen) atoms. The quantitative estimate of drug-likeness (QED) is 0.483. The van der Waals surface area contributed by atoms with Crippen molar-refractivity contribution in [2.75, 3.05) is 27.2 Å². The van der Waals surface area contributed by atoms with Gasteiger partial charge in [-0.05, 0) is 44.1 Å². The first-order valence-corrected chi connectivity index (χ1v) is 13.4. The van der Waals surface area contributed by atoms with E-state index in [-0.39, 0.29) is 25.4 Å². The minimum absolute atomic E-state index is 0.0295. The van der Waals surface area contributed by atoms with Crippen molar-refractivity contribution in [3.05, 3.63) is 35.1 Å². The molecule has 0 unspecified atom stereocenters. The summed E-state index contributed by atoms with van der Waals surface area (Å²) in [5.74, 6) is -1.06. The minimum Gasteiger partial charge on any atom is -0.493 e. The molecular formula is C28H34N2O9. The Morgan fingerprint density at radius 1 is 1.28 bits per heavy atom. The Morgan fingerprint density at radius 3 is 2.79 bits per heavy atom. The van der Waals surface area contributed by atoms with E-state index in [2.05, 4.69) is 10.2 Å². The highest BCUT2D eigenvalue weighted by Crippen LogP contribution is 2.65. The van der Waals surface area contributed by atoms with Crippen LogP contribution in [0.15, 0.2) is 24.0 Å². The van der Waals surface area contributed by atoms with Gasteiger partial charge in [0.15, 0.2) is 23.7 Å². The van der Waals surface area contributed by atoms with E-state index in [0.717, 1.165) is 17.7 Å². The second-order valence-electron chi connectivity index (χ2n) is 11.5. The van der Waals surface area contributed by atoms with E-state index >= 15 is 0 Å². The zero-order valence-corrected chi connectivity index (χ0v) is 22.6. The molecule has 0 aromatic heterocycles. The number of carbonyl (C=O) groups is 3. The molecule has 5 aliphatic rings. The minimum atomic E-state index is -1.09. The maximum Gasteiger partial charge on any atom is 0.338 e. The summed E-state index contributed by atoms with van der Waals surface area (Å²) >= 11 is 0. The fourth-order valence-corrected chi connectivity index (χ4v) is 7.16. The molecule has 3 aliphatic heterocycles. The van der Waals surface area contributed by atoms with Crippen LogP contribution in [0.3, 0.4) is 0 Å². The first kappa shape index (κ1) is 26.1. The van der Waals surface area contributed by atoms with Crippen molar-refractivity contribution in [2.45, 2.75) is 81.0 Å². The van der Waals surface area contributed by atoms with Gasteiger partial charge < -0.3 is 39.0 Å². The molecular weight excluding hydrogens is 508 g/mol. The van der Waals surface area contributed by atoms with Gasteiger partial charge in [-0.25, -0.2) is 4.79 Å². The van der Waals surface area contributed by atoms with Gasteiger partial charge in [-0.1, -0.05) is 6.07 Å². The molecule has 2 saturated heterocycles. The van der Waals surface area contributed by atoms with Crippen molar-refractivity contribution in [1.29, 1.82) is 0 Å². The van der Waals surface area contributed by atoms with Gasteiger partial charge in [0.25, 0.3) is 0 Å². The lowest BCUT2D eigenvalue weighted by Gasteiger charge is -2.61. The Labute approximate surface area is 226 Å². The molecule has 2 bridgehead atoms. The molecule has 11 nitrogen and oxygen atoms in total. The van der Waals surface area contributed by atoms with Gasteiger partial charge in [0.1, 0.15) is 5.76 Å². The molecule has 0 radical (unpaired) electrons. The molecule has 1 aromatic carbocycles. The maximum absolute atomic E-state index is 12.9. The average Bonchev–Trinajstić information content (AvgIpc) is 3.35. The number of amides is 1. The fourth-order valence-electron chi connectivity index (χ4n) is 7.16. The van der Waals surface area contributed by atoms with E-state index < -0.39 is 46.9 Å². The number of aliphatic hydroxyl groups is 1. The van der Waals surface area contributed by atoms with Crippen LogP contribution >= 0.6 is 0 Å². The van der Waals surface area contributed by atoms with Crippen molar-refractivity contribution in [1.82, 2.24) is 10.2 Å². The monoisotopic (exact) mass is 542 g/mol. The molecule has 5 atom stereocenters. The molecule has 6 rings (SSSR count). The number of hydrogen-bond acceptors (Lipinski definition) is 10. The average molecular weight is 543 g/mol. The number of ether oxygens (including phenoxy) is 5. The number of nitrogens with zero attached hydrogens (tertiary/aromatic N) is 1. The summed E-state index contributed by atoms with van der Waals surface area (Å²) < 4.78 is 28.4. The molecule has 210 valence electrons. The fraction of sp³-hybridized carbons (Fsp3) is 0.607. The van der Waals surface area contributed by atoms with Gasteiger partial charge in [0.2, 0.25) is 11.7 Å². The van der Waals surface area contributed by atoms with Gasteiger partial charge in [0, 0.05) is 38.4 Å². The van der Waals surface area contributed by atoms with Gasteiger partial charge in [-0.2, -0.15) is 0 Å². The number of likely N-dealkylation sites (tertiary alicyclic amines) is 1. The molecule has 3 heterocycles. The summed E-state index contributed by atoms with van der Waals surface area (Å²) in [6, 6.07) is 3.83. The van der Waals surface area contributed by atoms with Crippen LogP contribution in [0.25, 0.3) is 0 Å². The van der Waals surface area contributed by atoms with Crippen LogP contribution in [0.4, 0.5) is 0 Å². The lowest BCUT2D eigenvalue weighted by molar-refractivity contribution is -0.169. The number of carbonyl (C=O) groups excluding carboxylic acids is 3. The van der Waals surface area contributed by atoms with E-state index in [1.165, 1.54) is 0 Å². The zero-order chi connectivity index (χ0) is 27.7. The van der Waals surface area contributed by atoms with Crippen LogP contribution in [0.5, 0.6) is 11.5 Å². The van der Waals surface area contributed by atoms with Crippen molar-refractivity contribution in [3.63, 3.8) is 0 Å². The first-order chi connectivity index (χ1) is 18.5. The van der Waals surface area contributed by atoms with Crippen LogP contribution < -0.4 is 14.8 Å². The third-order valence-corrected chi connectivity index (χ3v) is 8.85. The van der Waals surface area contributed by atoms with E-state index in [1.54, 1.807) is 27.0 Å². The second-order valence-corrected chi connectivity index (χ2v) is 11.5. The summed E-state index contributed by atoms with van der Waals surface area (Å²) in [6.45, 7) is 4.00. The van der Waals surface area contributed by atoms with Crippen LogP contribution in [0.1, 0.15) is 50.7 Å². The SMILES string of the molecule is COc1ccc2c3c1O[C@H]1C(OC(=O)CCNC(=O)C[C@@H]4OC(C)(C)OC4=O)=CC[C@@]4(O)[C@H](C2)N(C)CC[C@]314. The van der Waals surface area contributed by atoms with Gasteiger partial charge in [-0.3, -0.25) is 9.59 Å². The Balaban J connectivity index is 1.15. The highest BCUT2D eigenvalue weighted by Gasteiger charge is 2.72. The molecule has 2 aliphatic carbocycles. The van der Waals surface area contributed by atoms with Crippen LogP contribution in [0.2, 0.25) is 0 Å². The lowest BCUT2D eigenvalue weighted by atomic mass is 9.50. The third kappa shape index (κ3) is 3.85. The predicted molar refractivity (Wildman–Crippen MR) is 135 cm³/mol. The number of hydrogen-bond donors (Lipinski definition) is 2. The molecule has 1 amide bonds. The van der Waals surface area contributed by atoms with E-state index in [9.17, 15) is 19.5 Å². The highest BCUT2D eigenvalue weighted by molar-refractivity contribution is 5.85. The van der Waals surface area contributed by atoms with E-state index in [1.807, 2.05) is 19.2 Å². The normalized spacial score (nSPS) is 33.4. The number of rotatable bonds is 7. The Morgan fingerprint density at radius 2 is 2.08 bits per heavy atom. The van der Waals surface area contributed by atoms with Crippen LogP contribution in [-0.4, -0.2) is 84.7 Å². The second kappa shape index (κ2) is 8.94. The summed E-state index contributed by atoms with van der Waals surface area (Å²) in [4.78, 5) is 39.2. The van der Waals surface area contributed by atoms with Crippen molar-refractivity contribution in [2.24, 2.45) is 0 Å². The molecule has 11 heteroatoms. The molecule has 0 saturated carbocycles. The Kier molecular flexibility index (Phi) is 5.98. The smallest absolute Gasteiger partial charge is 0.338 e. The summed E-state index contributed by atoms with van der Waals surface area (Å²) in [5.41, 5.74) is 0.230. The van der Waals surface area contributed by atoms with Gasteiger partial charge in [0.05, 0.1) is 31.0 Å². The first-order valence-electron chi connectivity index (χ1n) is 13.4. The van der Waals surface area contributed by atoms with Crippen molar-refractivity contribution >= 4 is 17.8 Å². The Hall–Kier alpha value is -3.15.